The molecule has 6 heteroatoms. The molecule has 6 nitrogen and oxygen atoms in total. The van der Waals surface area contributed by atoms with E-state index in [-0.39, 0.29) is 24.5 Å². The van der Waals surface area contributed by atoms with Crippen molar-refractivity contribution < 1.29 is 14.3 Å². The van der Waals surface area contributed by atoms with Crippen molar-refractivity contribution in [2.45, 2.75) is 13.0 Å². The number of hydrogen-bond acceptors (Lipinski definition) is 3. The maximum absolute atomic E-state index is 11.8. The molecular weight excluding hydrogens is 318 g/mol. The highest BCUT2D eigenvalue weighted by atomic mass is 16.5. The van der Waals surface area contributed by atoms with E-state index in [1.807, 2.05) is 55.5 Å². The molecule has 0 aromatic heterocycles. The van der Waals surface area contributed by atoms with Crippen molar-refractivity contribution in [2.75, 3.05) is 20.7 Å². The van der Waals surface area contributed by atoms with Crippen LogP contribution in [-0.2, 0) is 4.79 Å². The third kappa shape index (κ3) is 4.97. The van der Waals surface area contributed by atoms with Gasteiger partial charge in [0.15, 0.2) is 0 Å². The van der Waals surface area contributed by atoms with Crippen molar-refractivity contribution >= 4 is 11.9 Å². The van der Waals surface area contributed by atoms with Crippen molar-refractivity contribution in [3.05, 3.63) is 54.1 Å². The summed E-state index contributed by atoms with van der Waals surface area (Å²) >= 11 is 0. The molecule has 0 bridgehead atoms. The van der Waals surface area contributed by atoms with Gasteiger partial charge in [-0.3, -0.25) is 4.79 Å². The number of ether oxygens (including phenoxy) is 1. The van der Waals surface area contributed by atoms with Gasteiger partial charge in [0.25, 0.3) is 0 Å². The van der Waals surface area contributed by atoms with Crippen molar-refractivity contribution in [3.63, 3.8) is 0 Å². The maximum Gasteiger partial charge on any atom is 0.315 e. The summed E-state index contributed by atoms with van der Waals surface area (Å²) in [6.07, 6.45) is 0. The van der Waals surface area contributed by atoms with E-state index in [1.165, 1.54) is 7.05 Å². The molecule has 3 amide bonds. The lowest BCUT2D eigenvalue weighted by molar-refractivity contribution is -0.119. The fraction of sp³-hybridized carbons (Fsp3) is 0.263. The van der Waals surface area contributed by atoms with Gasteiger partial charge in [0.2, 0.25) is 5.91 Å². The fourth-order valence-electron chi connectivity index (χ4n) is 2.41. The Morgan fingerprint density at radius 1 is 1.08 bits per heavy atom. The van der Waals surface area contributed by atoms with Gasteiger partial charge in [0, 0.05) is 12.6 Å². The summed E-state index contributed by atoms with van der Waals surface area (Å²) in [5.74, 6) is 0.568. The minimum atomic E-state index is -0.384. The second-order valence-corrected chi connectivity index (χ2v) is 5.54. The summed E-state index contributed by atoms with van der Waals surface area (Å²) in [6, 6.07) is 15.2. The minimum Gasteiger partial charge on any atom is -0.496 e. The standard InChI is InChI=1S/C19H23N3O3/c1-13(22-19(24)21-12-18(23)20-2)14-8-10-15(11-9-14)16-6-4-5-7-17(16)25-3/h4-11,13H,12H2,1-3H3,(H,20,23)(H2,21,22,24)/t13-/m1/s1. The van der Waals surface area contributed by atoms with E-state index < -0.39 is 0 Å². The first-order chi connectivity index (χ1) is 12.0. The quantitative estimate of drug-likeness (QED) is 0.755. The number of likely N-dealkylation sites (N-methyl/N-ethyl adjacent to an activating group) is 1. The second kappa shape index (κ2) is 8.73. The first-order valence-electron chi connectivity index (χ1n) is 8.03. The molecule has 2 aromatic rings. The molecule has 0 unspecified atom stereocenters. The normalized spacial score (nSPS) is 11.3. The van der Waals surface area contributed by atoms with Crippen LogP contribution in [0.25, 0.3) is 11.1 Å². The Morgan fingerprint density at radius 3 is 2.40 bits per heavy atom. The van der Waals surface area contributed by atoms with Crippen LogP contribution in [0.2, 0.25) is 0 Å². The number of para-hydroxylation sites is 1. The predicted molar refractivity (Wildman–Crippen MR) is 97.4 cm³/mol. The highest BCUT2D eigenvalue weighted by Gasteiger charge is 2.11. The molecule has 1 atom stereocenters. The van der Waals surface area contributed by atoms with Gasteiger partial charge in [-0.05, 0) is 24.1 Å². The number of hydrogen-bond donors (Lipinski definition) is 3. The van der Waals surface area contributed by atoms with E-state index in [9.17, 15) is 9.59 Å². The molecule has 0 fully saturated rings. The average Bonchev–Trinajstić information content (AvgIpc) is 2.66. The molecule has 0 radical (unpaired) electrons. The Kier molecular flexibility index (Phi) is 6.39. The zero-order valence-electron chi connectivity index (χ0n) is 14.6. The molecule has 132 valence electrons. The molecule has 0 aliphatic carbocycles. The summed E-state index contributed by atoms with van der Waals surface area (Å²) in [4.78, 5) is 22.9. The molecule has 3 N–H and O–H groups in total. The van der Waals surface area contributed by atoms with Crippen molar-refractivity contribution in [2.24, 2.45) is 0 Å². The molecular formula is C19H23N3O3. The SMILES string of the molecule is CNC(=O)CNC(=O)N[C@H](C)c1ccc(-c2ccccc2OC)cc1. The molecule has 0 saturated carbocycles. The van der Waals surface area contributed by atoms with E-state index in [0.29, 0.717) is 0 Å². The van der Waals surface area contributed by atoms with Gasteiger partial charge in [0.1, 0.15) is 5.75 Å². The number of carbonyl (C=O) groups excluding carboxylic acids is 2. The summed E-state index contributed by atoms with van der Waals surface area (Å²) in [5.41, 5.74) is 3.02. The van der Waals surface area contributed by atoms with Gasteiger partial charge in [0.05, 0.1) is 19.7 Å². The van der Waals surface area contributed by atoms with Crippen molar-refractivity contribution in [1.29, 1.82) is 0 Å². The van der Waals surface area contributed by atoms with Crippen LogP contribution in [-0.4, -0.2) is 32.6 Å². The molecule has 25 heavy (non-hydrogen) atoms. The Balaban J connectivity index is 2.01. The zero-order valence-corrected chi connectivity index (χ0v) is 14.6. The van der Waals surface area contributed by atoms with Crippen LogP contribution in [0.5, 0.6) is 5.75 Å². The van der Waals surface area contributed by atoms with Gasteiger partial charge in [-0.1, -0.05) is 42.5 Å². The van der Waals surface area contributed by atoms with E-state index in [4.69, 9.17) is 4.74 Å². The Hall–Kier alpha value is -3.02. The van der Waals surface area contributed by atoms with E-state index in [1.54, 1.807) is 7.11 Å². The van der Waals surface area contributed by atoms with Crippen LogP contribution in [0.4, 0.5) is 4.79 Å². The first kappa shape index (κ1) is 18.3. The van der Waals surface area contributed by atoms with Crippen LogP contribution in [0.1, 0.15) is 18.5 Å². The highest BCUT2D eigenvalue weighted by Crippen LogP contribution is 2.30. The highest BCUT2D eigenvalue weighted by molar-refractivity contribution is 5.83. The molecule has 2 aromatic carbocycles. The summed E-state index contributed by atoms with van der Waals surface area (Å²) in [7, 11) is 3.17. The molecule has 0 aliphatic heterocycles. The first-order valence-corrected chi connectivity index (χ1v) is 8.03. The fourth-order valence-corrected chi connectivity index (χ4v) is 2.41. The largest absolute Gasteiger partial charge is 0.496 e. The molecule has 2 rings (SSSR count). The summed E-state index contributed by atoms with van der Waals surface area (Å²) < 4.78 is 5.39. The Morgan fingerprint density at radius 2 is 1.76 bits per heavy atom. The third-order valence-corrected chi connectivity index (χ3v) is 3.86. The van der Waals surface area contributed by atoms with Gasteiger partial charge < -0.3 is 20.7 Å². The van der Waals surface area contributed by atoms with Gasteiger partial charge >= 0.3 is 6.03 Å². The van der Waals surface area contributed by atoms with Crippen LogP contribution in [0.3, 0.4) is 0 Å². The van der Waals surface area contributed by atoms with Crippen LogP contribution >= 0.6 is 0 Å². The number of nitrogens with one attached hydrogen (secondary N) is 3. The number of urea groups is 1. The lowest BCUT2D eigenvalue weighted by Gasteiger charge is -2.16. The number of rotatable bonds is 6. The molecule has 0 saturated heterocycles. The van der Waals surface area contributed by atoms with Crippen LogP contribution < -0.4 is 20.7 Å². The van der Waals surface area contributed by atoms with Gasteiger partial charge in [-0.25, -0.2) is 4.79 Å². The third-order valence-electron chi connectivity index (χ3n) is 3.86. The van der Waals surface area contributed by atoms with Crippen LogP contribution in [0, 0.1) is 0 Å². The number of methoxy groups -OCH3 is 1. The molecule has 0 spiro atoms. The summed E-state index contributed by atoms with van der Waals surface area (Å²) in [6.45, 7) is 1.83. The lowest BCUT2D eigenvalue weighted by atomic mass is 10.0. The van der Waals surface area contributed by atoms with Gasteiger partial charge in [-0.15, -0.1) is 0 Å². The summed E-state index contributed by atoms with van der Waals surface area (Å²) in [5, 5.41) is 7.76. The average molecular weight is 341 g/mol. The van der Waals surface area contributed by atoms with Crippen LogP contribution in [0.15, 0.2) is 48.5 Å². The topological polar surface area (TPSA) is 79.5 Å². The monoisotopic (exact) mass is 341 g/mol. The minimum absolute atomic E-state index is 0.0538. The van der Waals surface area contributed by atoms with Crippen molar-refractivity contribution in [1.82, 2.24) is 16.0 Å². The smallest absolute Gasteiger partial charge is 0.315 e. The molecule has 0 heterocycles. The lowest BCUT2D eigenvalue weighted by Crippen LogP contribution is -2.42. The maximum atomic E-state index is 11.8. The predicted octanol–water partition coefficient (Wildman–Crippen LogP) is 2.47. The zero-order chi connectivity index (χ0) is 18.2. The second-order valence-electron chi connectivity index (χ2n) is 5.54. The number of amides is 3. The van der Waals surface area contributed by atoms with Crippen molar-refractivity contribution in [3.8, 4) is 16.9 Å². The number of carbonyl (C=O) groups is 2. The van der Waals surface area contributed by atoms with E-state index in [2.05, 4.69) is 16.0 Å². The van der Waals surface area contributed by atoms with E-state index in [0.717, 1.165) is 22.4 Å². The van der Waals surface area contributed by atoms with Gasteiger partial charge in [-0.2, -0.15) is 0 Å². The van der Waals surface area contributed by atoms with E-state index >= 15 is 0 Å². The Labute approximate surface area is 147 Å². The Bertz CT molecular complexity index is 729. The molecule has 0 aliphatic rings. The number of benzene rings is 2.